The SMILES string of the molecule is NCC(c1[nH]ncc1[N+](=O)[O-])C(F)F. The lowest BCUT2D eigenvalue weighted by atomic mass is 10.1. The van der Waals surface area contributed by atoms with Crippen molar-refractivity contribution in [3.63, 3.8) is 0 Å². The molecule has 0 aliphatic rings. The summed E-state index contributed by atoms with van der Waals surface area (Å²) in [5.41, 5.74) is 4.40. The molecule has 14 heavy (non-hydrogen) atoms. The Hall–Kier alpha value is -1.57. The number of aromatic nitrogens is 2. The van der Waals surface area contributed by atoms with Gasteiger partial charge >= 0.3 is 5.69 Å². The first kappa shape index (κ1) is 10.5. The molecule has 0 aromatic carbocycles. The van der Waals surface area contributed by atoms with Gasteiger partial charge in [-0.2, -0.15) is 5.10 Å². The molecule has 0 bridgehead atoms. The normalized spacial score (nSPS) is 13.1. The van der Waals surface area contributed by atoms with E-state index in [0.717, 1.165) is 6.20 Å². The summed E-state index contributed by atoms with van der Waals surface area (Å²) in [4.78, 5) is 9.61. The average Bonchev–Trinajstić information content (AvgIpc) is 2.53. The second-order valence-electron chi connectivity index (χ2n) is 2.60. The van der Waals surface area contributed by atoms with Gasteiger partial charge in [0.1, 0.15) is 11.9 Å². The van der Waals surface area contributed by atoms with Crippen LogP contribution in [0.2, 0.25) is 0 Å². The van der Waals surface area contributed by atoms with E-state index in [1.54, 1.807) is 0 Å². The summed E-state index contributed by atoms with van der Waals surface area (Å²) in [6, 6.07) is 0. The minimum absolute atomic E-state index is 0.229. The summed E-state index contributed by atoms with van der Waals surface area (Å²) >= 11 is 0. The number of nitrogens with zero attached hydrogens (tertiary/aromatic N) is 2. The van der Waals surface area contributed by atoms with Gasteiger partial charge in [0.15, 0.2) is 0 Å². The third-order valence-corrected chi connectivity index (χ3v) is 1.77. The average molecular weight is 206 g/mol. The van der Waals surface area contributed by atoms with Crippen molar-refractivity contribution in [2.24, 2.45) is 5.73 Å². The Morgan fingerprint density at radius 1 is 1.71 bits per heavy atom. The standard InChI is InChI=1S/C6H8F2N4O2/c7-6(8)3(1-9)5-4(12(13)14)2-10-11-5/h2-3,6H,1,9H2,(H,10,11). The number of aromatic amines is 1. The van der Waals surface area contributed by atoms with Crippen molar-refractivity contribution in [2.45, 2.75) is 12.3 Å². The molecule has 6 nitrogen and oxygen atoms in total. The van der Waals surface area contributed by atoms with Crippen molar-refractivity contribution in [1.29, 1.82) is 0 Å². The summed E-state index contributed by atoms with van der Waals surface area (Å²) in [5.74, 6) is -1.38. The van der Waals surface area contributed by atoms with Gasteiger partial charge in [-0.3, -0.25) is 15.2 Å². The first-order valence-corrected chi connectivity index (χ1v) is 3.73. The molecular formula is C6H8F2N4O2. The smallest absolute Gasteiger partial charge is 0.310 e. The van der Waals surface area contributed by atoms with Crippen molar-refractivity contribution in [2.75, 3.05) is 6.54 Å². The molecule has 0 fully saturated rings. The van der Waals surface area contributed by atoms with Crippen LogP contribution in [0.15, 0.2) is 6.20 Å². The van der Waals surface area contributed by atoms with Crippen LogP contribution < -0.4 is 5.73 Å². The van der Waals surface area contributed by atoms with Crippen molar-refractivity contribution >= 4 is 5.69 Å². The molecule has 0 spiro atoms. The first-order chi connectivity index (χ1) is 6.57. The molecule has 8 heteroatoms. The van der Waals surface area contributed by atoms with Crippen LogP contribution in [0.3, 0.4) is 0 Å². The molecule has 3 N–H and O–H groups in total. The van der Waals surface area contributed by atoms with Gasteiger partial charge in [-0.1, -0.05) is 0 Å². The number of alkyl halides is 2. The highest BCUT2D eigenvalue weighted by Gasteiger charge is 2.30. The summed E-state index contributed by atoms with van der Waals surface area (Å²) in [6.07, 6.45) is -1.86. The van der Waals surface area contributed by atoms with Gasteiger partial charge in [0.25, 0.3) is 0 Å². The predicted octanol–water partition coefficient (Wildman–Crippen LogP) is 0.625. The summed E-state index contributed by atoms with van der Waals surface area (Å²) in [7, 11) is 0. The maximum absolute atomic E-state index is 12.4. The van der Waals surface area contributed by atoms with Crippen LogP contribution in [0.25, 0.3) is 0 Å². The number of hydrogen-bond acceptors (Lipinski definition) is 4. The van der Waals surface area contributed by atoms with Gasteiger partial charge < -0.3 is 5.73 Å². The molecule has 0 radical (unpaired) electrons. The zero-order valence-corrected chi connectivity index (χ0v) is 6.98. The molecule has 1 heterocycles. The van der Waals surface area contributed by atoms with E-state index in [9.17, 15) is 18.9 Å². The number of halogens is 2. The fourth-order valence-corrected chi connectivity index (χ4v) is 1.05. The van der Waals surface area contributed by atoms with Gasteiger partial charge in [-0.15, -0.1) is 0 Å². The van der Waals surface area contributed by atoms with E-state index in [1.165, 1.54) is 0 Å². The Bertz CT molecular complexity index is 327. The second-order valence-corrected chi connectivity index (χ2v) is 2.60. The largest absolute Gasteiger partial charge is 0.330 e. The molecule has 1 aromatic heterocycles. The Morgan fingerprint density at radius 2 is 2.36 bits per heavy atom. The monoisotopic (exact) mass is 206 g/mol. The molecular weight excluding hydrogens is 198 g/mol. The Morgan fingerprint density at radius 3 is 2.79 bits per heavy atom. The topological polar surface area (TPSA) is 97.8 Å². The third kappa shape index (κ3) is 1.84. The lowest BCUT2D eigenvalue weighted by Crippen LogP contribution is -2.20. The fourth-order valence-electron chi connectivity index (χ4n) is 1.05. The van der Waals surface area contributed by atoms with E-state index in [-0.39, 0.29) is 12.2 Å². The molecule has 0 amide bonds. The van der Waals surface area contributed by atoms with Gasteiger partial charge in [-0.25, -0.2) is 8.78 Å². The van der Waals surface area contributed by atoms with E-state index in [0.29, 0.717) is 0 Å². The van der Waals surface area contributed by atoms with E-state index >= 15 is 0 Å². The number of nitro groups is 1. The van der Waals surface area contributed by atoms with E-state index < -0.39 is 23.0 Å². The van der Waals surface area contributed by atoms with Crippen molar-refractivity contribution in [1.82, 2.24) is 10.2 Å². The minimum Gasteiger partial charge on any atom is -0.330 e. The van der Waals surface area contributed by atoms with Gasteiger partial charge in [0, 0.05) is 6.54 Å². The molecule has 0 aliphatic carbocycles. The van der Waals surface area contributed by atoms with Crippen molar-refractivity contribution in [3.05, 3.63) is 22.0 Å². The zero-order chi connectivity index (χ0) is 10.7. The molecule has 78 valence electrons. The summed E-state index contributed by atoms with van der Waals surface area (Å²) in [5, 5.41) is 15.9. The highest BCUT2D eigenvalue weighted by molar-refractivity contribution is 5.35. The molecule has 0 saturated heterocycles. The molecule has 0 saturated carbocycles. The third-order valence-electron chi connectivity index (χ3n) is 1.77. The quantitative estimate of drug-likeness (QED) is 0.557. The van der Waals surface area contributed by atoms with Crippen LogP contribution in [0, 0.1) is 10.1 Å². The zero-order valence-electron chi connectivity index (χ0n) is 6.98. The Balaban J connectivity index is 3.03. The van der Waals surface area contributed by atoms with Crippen LogP contribution in [0.1, 0.15) is 11.6 Å². The fraction of sp³-hybridized carbons (Fsp3) is 0.500. The first-order valence-electron chi connectivity index (χ1n) is 3.73. The van der Waals surface area contributed by atoms with Crippen LogP contribution in [-0.4, -0.2) is 28.1 Å². The molecule has 1 unspecified atom stereocenters. The Kier molecular flexibility index (Phi) is 3.07. The molecule has 1 aromatic rings. The molecule has 1 rings (SSSR count). The number of nitrogens with two attached hydrogens (primary N) is 1. The van der Waals surface area contributed by atoms with Gasteiger partial charge in [0.2, 0.25) is 6.43 Å². The van der Waals surface area contributed by atoms with Crippen molar-refractivity contribution in [3.8, 4) is 0 Å². The number of nitrogens with one attached hydrogen (secondary N) is 1. The molecule has 1 atom stereocenters. The summed E-state index contributed by atoms with van der Waals surface area (Å²) in [6.45, 7) is -0.374. The lowest BCUT2D eigenvalue weighted by molar-refractivity contribution is -0.385. The number of rotatable bonds is 4. The highest BCUT2D eigenvalue weighted by Crippen LogP contribution is 2.27. The maximum atomic E-state index is 12.4. The maximum Gasteiger partial charge on any atom is 0.310 e. The van der Waals surface area contributed by atoms with Gasteiger partial charge in [0.05, 0.1) is 10.8 Å². The minimum atomic E-state index is -2.75. The van der Waals surface area contributed by atoms with Crippen LogP contribution in [0.4, 0.5) is 14.5 Å². The number of hydrogen-bond donors (Lipinski definition) is 2. The van der Waals surface area contributed by atoms with E-state index in [4.69, 9.17) is 5.73 Å². The highest BCUT2D eigenvalue weighted by atomic mass is 19.3. The Labute approximate surface area is 77.2 Å². The molecule has 0 aliphatic heterocycles. The lowest BCUT2D eigenvalue weighted by Gasteiger charge is -2.10. The summed E-state index contributed by atoms with van der Waals surface area (Å²) < 4.78 is 24.7. The van der Waals surface area contributed by atoms with Crippen LogP contribution >= 0.6 is 0 Å². The van der Waals surface area contributed by atoms with Gasteiger partial charge in [-0.05, 0) is 0 Å². The van der Waals surface area contributed by atoms with E-state index in [1.807, 2.05) is 0 Å². The predicted molar refractivity (Wildman–Crippen MR) is 43.0 cm³/mol. The van der Waals surface area contributed by atoms with Crippen molar-refractivity contribution < 1.29 is 13.7 Å². The van der Waals surface area contributed by atoms with E-state index in [2.05, 4.69) is 10.2 Å². The second kappa shape index (κ2) is 4.09. The number of H-pyrrole nitrogens is 1. The van der Waals surface area contributed by atoms with Crippen LogP contribution in [-0.2, 0) is 0 Å². The van der Waals surface area contributed by atoms with Crippen LogP contribution in [0.5, 0.6) is 0 Å².